The average molecular weight is 269 g/mol. The maximum absolute atomic E-state index is 14.0. The molecule has 0 heterocycles. The molecule has 1 aromatic carbocycles. The Kier molecular flexibility index (Phi) is 4.40. The molecule has 2 nitrogen and oxygen atoms in total. The zero-order valence-corrected chi connectivity index (χ0v) is 11.5. The molecule has 1 saturated carbocycles. The van der Waals surface area contributed by atoms with Gasteiger partial charge >= 0.3 is 0 Å². The van der Waals surface area contributed by atoms with Gasteiger partial charge < -0.3 is 10.5 Å². The van der Waals surface area contributed by atoms with Crippen LogP contribution >= 0.6 is 0 Å². The number of rotatable bonds is 3. The second kappa shape index (κ2) is 5.87. The molecular formula is C15H21F2NO. The molecular weight excluding hydrogens is 248 g/mol. The van der Waals surface area contributed by atoms with Crippen molar-refractivity contribution in [3.05, 3.63) is 29.3 Å². The normalized spacial score (nSPS) is 25.1. The summed E-state index contributed by atoms with van der Waals surface area (Å²) in [6, 6.07) is 1.83. The molecule has 0 aromatic heterocycles. The Morgan fingerprint density at radius 2 is 1.68 bits per heavy atom. The van der Waals surface area contributed by atoms with Gasteiger partial charge in [0, 0.05) is 23.7 Å². The van der Waals surface area contributed by atoms with Crippen LogP contribution in [0.1, 0.15) is 44.2 Å². The van der Waals surface area contributed by atoms with E-state index in [-0.39, 0.29) is 17.2 Å². The van der Waals surface area contributed by atoms with Crippen molar-refractivity contribution in [2.45, 2.75) is 38.6 Å². The number of ether oxygens (including phenoxy) is 1. The first-order chi connectivity index (χ1) is 9.02. The smallest absolute Gasteiger partial charge is 0.134 e. The summed E-state index contributed by atoms with van der Waals surface area (Å²) in [7, 11) is 1.39. The van der Waals surface area contributed by atoms with E-state index in [0.29, 0.717) is 5.92 Å². The highest BCUT2D eigenvalue weighted by molar-refractivity contribution is 5.32. The van der Waals surface area contributed by atoms with E-state index in [4.69, 9.17) is 10.5 Å². The largest absolute Gasteiger partial charge is 0.497 e. The maximum atomic E-state index is 14.0. The molecule has 106 valence electrons. The summed E-state index contributed by atoms with van der Waals surface area (Å²) in [5, 5.41) is 0. The van der Waals surface area contributed by atoms with Crippen molar-refractivity contribution >= 4 is 0 Å². The lowest BCUT2D eigenvalue weighted by molar-refractivity contribution is 0.250. The van der Waals surface area contributed by atoms with Crippen molar-refractivity contribution < 1.29 is 13.5 Å². The Bertz CT molecular complexity index is 419. The molecule has 1 aromatic rings. The Morgan fingerprint density at radius 1 is 1.16 bits per heavy atom. The Labute approximate surface area is 112 Å². The highest BCUT2D eigenvalue weighted by Gasteiger charge is 2.28. The molecule has 19 heavy (non-hydrogen) atoms. The summed E-state index contributed by atoms with van der Waals surface area (Å²) in [5.74, 6) is -0.184. The van der Waals surface area contributed by atoms with E-state index >= 15 is 0 Å². The molecule has 1 aliphatic carbocycles. The first-order valence-corrected chi connectivity index (χ1v) is 6.81. The quantitative estimate of drug-likeness (QED) is 0.905. The lowest BCUT2D eigenvalue weighted by atomic mass is 9.77. The molecule has 0 amide bonds. The van der Waals surface area contributed by atoms with Crippen molar-refractivity contribution in [1.29, 1.82) is 0 Å². The molecule has 0 spiro atoms. The van der Waals surface area contributed by atoms with Crippen LogP contribution < -0.4 is 10.5 Å². The number of benzene rings is 1. The van der Waals surface area contributed by atoms with Crippen LogP contribution in [0.2, 0.25) is 0 Å². The van der Waals surface area contributed by atoms with Crippen LogP contribution in [0.25, 0.3) is 0 Å². The van der Waals surface area contributed by atoms with Gasteiger partial charge in [-0.15, -0.1) is 0 Å². The van der Waals surface area contributed by atoms with Crippen molar-refractivity contribution in [1.82, 2.24) is 0 Å². The highest BCUT2D eigenvalue weighted by Crippen LogP contribution is 2.37. The van der Waals surface area contributed by atoms with Gasteiger partial charge in [0.2, 0.25) is 0 Å². The Morgan fingerprint density at radius 3 is 2.16 bits per heavy atom. The molecule has 1 atom stereocenters. The maximum Gasteiger partial charge on any atom is 0.134 e. The lowest BCUT2D eigenvalue weighted by Gasteiger charge is -2.31. The van der Waals surface area contributed by atoms with E-state index in [9.17, 15) is 8.78 Å². The van der Waals surface area contributed by atoms with Gasteiger partial charge in [-0.2, -0.15) is 0 Å². The van der Waals surface area contributed by atoms with E-state index in [1.807, 2.05) is 0 Å². The van der Waals surface area contributed by atoms with Gasteiger partial charge in [-0.05, 0) is 24.7 Å². The van der Waals surface area contributed by atoms with E-state index in [2.05, 4.69) is 6.92 Å². The molecule has 1 unspecified atom stereocenters. The highest BCUT2D eigenvalue weighted by atomic mass is 19.1. The number of nitrogens with two attached hydrogens (primary N) is 1. The minimum Gasteiger partial charge on any atom is -0.497 e. The first-order valence-electron chi connectivity index (χ1n) is 6.81. The van der Waals surface area contributed by atoms with Gasteiger partial charge in [-0.1, -0.05) is 19.8 Å². The zero-order chi connectivity index (χ0) is 14.0. The minimum absolute atomic E-state index is 0.000327. The second-order valence-corrected chi connectivity index (χ2v) is 5.55. The summed E-state index contributed by atoms with van der Waals surface area (Å²) in [6.07, 6.45) is 4.04. The third kappa shape index (κ3) is 3.06. The van der Waals surface area contributed by atoms with Crippen molar-refractivity contribution in [3.63, 3.8) is 0 Å². The fourth-order valence-corrected chi connectivity index (χ4v) is 2.88. The summed E-state index contributed by atoms with van der Waals surface area (Å²) in [4.78, 5) is 0. The number of hydrogen-bond acceptors (Lipinski definition) is 2. The van der Waals surface area contributed by atoms with Crippen LogP contribution in [0.5, 0.6) is 5.75 Å². The predicted octanol–water partition coefficient (Wildman–Crippen LogP) is 3.80. The third-order valence-corrected chi connectivity index (χ3v) is 4.19. The summed E-state index contributed by atoms with van der Waals surface area (Å²) >= 11 is 0. The number of hydrogen-bond donors (Lipinski definition) is 1. The van der Waals surface area contributed by atoms with Crippen molar-refractivity contribution in [2.75, 3.05) is 7.11 Å². The van der Waals surface area contributed by atoms with E-state index < -0.39 is 17.7 Å². The molecule has 0 bridgehead atoms. The summed E-state index contributed by atoms with van der Waals surface area (Å²) < 4.78 is 32.8. The molecule has 2 rings (SSSR count). The first kappa shape index (κ1) is 14.3. The zero-order valence-electron chi connectivity index (χ0n) is 11.5. The van der Waals surface area contributed by atoms with Crippen LogP contribution in [-0.4, -0.2) is 7.11 Å². The van der Waals surface area contributed by atoms with Crippen LogP contribution in [0.3, 0.4) is 0 Å². The van der Waals surface area contributed by atoms with Crippen LogP contribution in [0.4, 0.5) is 8.78 Å². The molecule has 0 saturated heterocycles. The van der Waals surface area contributed by atoms with Gasteiger partial charge in [-0.3, -0.25) is 0 Å². The van der Waals surface area contributed by atoms with Gasteiger partial charge in [0.05, 0.1) is 7.11 Å². The van der Waals surface area contributed by atoms with Gasteiger partial charge in [0.15, 0.2) is 0 Å². The second-order valence-electron chi connectivity index (χ2n) is 5.55. The van der Waals surface area contributed by atoms with Crippen LogP contribution in [0, 0.1) is 23.5 Å². The molecule has 2 N–H and O–H groups in total. The van der Waals surface area contributed by atoms with Gasteiger partial charge in [0.1, 0.15) is 17.4 Å². The Balaban J connectivity index is 2.21. The lowest BCUT2D eigenvalue weighted by Crippen LogP contribution is -2.27. The fraction of sp³-hybridized carbons (Fsp3) is 0.600. The summed E-state index contributed by atoms with van der Waals surface area (Å²) in [6.45, 7) is 2.20. The molecule has 1 fully saturated rings. The number of halogens is 2. The van der Waals surface area contributed by atoms with Gasteiger partial charge in [0.25, 0.3) is 0 Å². The molecule has 0 aliphatic heterocycles. The van der Waals surface area contributed by atoms with E-state index in [1.54, 1.807) is 0 Å². The topological polar surface area (TPSA) is 35.2 Å². The van der Waals surface area contributed by atoms with Crippen LogP contribution in [-0.2, 0) is 0 Å². The monoisotopic (exact) mass is 269 g/mol. The van der Waals surface area contributed by atoms with Crippen molar-refractivity contribution in [3.8, 4) is 5.75 Å². The predicted molar refractivity (Wildman–Crippen MR) is 71.0 cm³/mol. The fourth-order valence-electron chi connectivity index (χ4n) is 2.88. The van der Waals surface area contributed by atoms with E-state index in [1.165, 1.54) is 19.2 Å². The molecule has 0 radical (unpaired) electrons. The van der Waals surface area contributed by atoms with Crippen molar-refractivity contribution in [2.24, 2.45) is 17.6 Å². The average Bonchev–Trinajstić information content (AvgIpc) is 2.38. The van der Waals surface area contributed by atoms with E-state index in [0.717, 1.165) is 25.7 Å². The number of methoxy groups -OCH3 is 1. The summed E-state index contributed by atoms with van der Waals surface area (Å²) in [5.41, 5.74) is 6.09. The molecule has 4 heteroatoms. The minimum atomic E-state index is -0.608. The third-order valence-electron chi connectivity index (χ3n) is 4.19. The Hall–Kier alpha value is -1.16. The molecule has 1 aliphatic rings. The van der Waals surface area contributed by atoms with Gasteiger partial charge in [-0.25, -0.2) is 8.78 Å². The standard InChI is InChI=1S/C15H21F2NO/c1-9-3-5-10(6-4-9)15(18)14-12(16)7-11(19-2)8-13(14)17/h7-10,15H,3-6,18H2,1-2H3. The van der Waals surface area contributed by atoms with Crippen LogP contribution in [0.15, 0.2) is 12.1 Å². The SMILES string of the molecule is COc1cc(F)c(C(N)C2CCC(C)CC2)c(F)c1.